The van der Waals surface area contributed by atoms with Gasteiger partial charge in [-0.1, -0.05) is 26.2 Å². The molecule has 1 aliphatic rings. The van der Waals surface area contributed by atoms with Crippen molar-refractivity contribution in [2.45, 2.75) is 64.5 Å². The Kier molecular flexibility index (Phi) is 5.09. The van der Waals surface area contributed by atoms with Crippen molar-refractivity contribution in [2.24, 2.45) is 11.7 Å². The maximum absolute atomic E-state index is 11.4. The highest BCUT2D eigenvalue weighted by molar-refractivity contribution is 5.80. The highest BCUT2D eigenvalue weighted by Crippen LogP contribution is 2.26. The van der Waals surface area contributed by atoms with Gasteiger partial charge in [0.2, 0.25) is 5.91 Å². The minimum Gasteiger partial charge on any atom is -0.368 e. The van der Waals surface area contributed by atoms with Gasteiger partial charge in [-0.15, -0.1) is 0 Å². The van der Waals surface area contributed by atoms with Gasteiger partial charge in [-0.3, -0.25) is 4.79 Å². The van der Waals surface area contributed by atoms with Gasteiger partial charge < -0.3 is 11.1 Å². The number of primary amides is 1. The van der Waals surface area contributed by atoms with Gasteiger partial charge in [-0.2, -0.15) is 0 Å². The van der Waals surface area contributed by atoms with Crippen molar-refractivity contribution in [1.29, 1.82) is 0 Å². The van der Waals surface area contributed by atoms with Crippen molar-refractivity contribution in [3.05, 3.63) is 0 Å². The van der Waals surface area contributed by atoms with E-state index in [4.69, 9.17) is 5.73 Å². The third-order valence-corrected chi connectivity index (χ3v) is 3.50. The normalized spacial score (nSPS) is 22.3. The molecule has 0 spiro atoms. The lowest BCUT2D eigenvalue weighted by atomic mass is 9.83. The fourth-order valence-electron chi connectivity index (χ4n) is 2.34. The van der Waals surface area contributed by atoms with E-state index in [9.17, 15) is 4.79 Å². The summed E-state index contributed by atoms with van der Waals surface area (Å²) >= 11 is 0. The SMILES string of the molecule is CCC(C)NC(C(N)=O)C1CCCCC1. The molecule has 0 aromatic carbocycles. The van der Waals surface area contributed by atoms with E-state index in [1.165, 1.54) is 19.3 Å². The maximum atomic E-state index is 11.4. The molecule has 1 aliphatic carbocycles. The second-order valence-electron chi connectivity index (χ2n) is 4.75. The topological polar surface area (TPSA) is 55.1 Å². The van der Waals surface area contributed by atoms with Crippen LogP contribution in [0.15, 0.2) is 0 Å². The molecule has 1 saturated carbocycles. The Morgan fingerprint density at radius 1 is 1.40 bits per heavy atom. The van der Waals surface area contributed by atoms with Gasteiger partial charge in [-0.25, -0.2) is 0 Å². The van der Waals surface area contributed by atoms with Crippen LogP contribution in [0.4, 0.5) is 0 Å². The molecule has 0 saturated heterocycles. The Balaban J connectivity index is 2.51. The quantitative estimate of drug-likeness (QED) is 0.730. The average Bonchev–Trinajstić information content (AvgIpc) is 2.26. The Morgan fingerprint density at radius 2 is 2.00 bits per heavy atom. The number of rotatable bonds is 5. The zero-order valence-corrected chi connectivity index (χ0v) is 9.96. The molecule has 0 heterocycles. The Labute approximate surface area is 92.8 Å². The van der Waals surface area contributed by atoms with Gasteiger partial charge in [0.05, 0.1) is 6.04 Å². The summed E-state index contributed by atoms with van der Waals surface area (Å²) in [6, 6.07) is 0.268. The predicted molar refractivity (Wildman–Crippen MR) is 62.4 cm³/mol. The molecule has 3 nitrogen and oxygen atoms in total. The van der Waals surface area contributed by atoms with Crippen molar-refractivity contribution in [1.82, 2.24) is 5.32 Å². The lowest BCUT2D eigenvalue weighted by Gasteiger charge is -2.30. The molecular weight excluding hydrogens is 188 g/mol. The van der Waals surface area contributed by atoms with Crippen molar-refractivity contribution in [2.75, 3.05) is 0 Å². The molecule has 3 heteroatoms. The van der Waals surface area contributed by atoms with E-state index in [-0.39, 0.29) is 11.9 Å². The average molecular weight is 212 g/mol. The standard InChI is InChI=1S/C12H24N2O/c1-3-9(2)14-11(12(13)15)10-7-5-4-6-8-10/h9-11,14H,3-8H2,1-2H3,(H2,13,15). The summed E-state index contributed by atoms with van der Waals surface area (Å²) in [5, 5.41) is 3.36. The highest BCUT2D eigenvalue weighted by Gasteiger charge is 2.28. The van der Waals surface area contributed by atoms with Crippen molar-refractivity contribution in [3.63, 3.8) is 0 Å². The molecule has 2 atom stereocenters. The monoisotopic (exact) mass is 212 g/mol. The Hall–Kier alpha value is -0.570. The summed E-state index contributed by atoms with van der Waals surface area (Å²) in [7, 11) is 0. The third-order valence-electron chi connectivity index (χ3n) is 3.50. The molecule has 0 radical (unpaired) electrons. The van der Waals surface area contributed by atoms with E-state index < -0.39 is 0 Å². The number of carbonyl (C=O) groups is 1. The molecule has 0 aliphatic heterocycles. The van der Waals surface area contributed by atoms with Crippen molar-refractivity contribution in [3.8, 4) is 0 Å². The van der Waals surface area contributed by atoms with Crippen LogP contribution in [-0.2, 0) is 4.79 Å². The van der Waals surface area contributed by atoms with E-state index in [1.54, 1.807) is 0 Å². The number of amides is 1. The predicted octanol–water partition coefficient (Wildman–Crippen LogP) is 1.81. The molecule has 1 amide bonds. The zero-order valence-electron chi connectivity index (χ0n) is 9.96. The lowest BCUT2D eigenvalue weighted by molar-refractivity contribution is -0.121. The van der Waals surface area contributed by atoms with Gasteiger partial charge in [0.15, 0.2) is 0 Å². The number of nitrogens with one attached hydrogen (secondary N) is 1. The molecule has 3 N–H and O–H groups in total. The first-order chi connectivity index (χ1) is 7.15. The van der Waals surface area contributed by atoms with Gasteiger partial charge >= 0.3 is 0 Å². The van der Waals surface area contributed by atoms with E-state index in [1.807, 2.05) is 0 Å². The van der Waals surface area contributed by atoms with E-state index in [2.05, 4.69) is 19.2 Å². The second-order valence-corrected chi connectivity index (χ2v) is 4.75. The van der Waals surface area contributed by atoms with E-state index in [0.717, 1.165) is 19.3 Å². The van der Waals surface area contributed by atoms with Gasteiger partial charge in [-0.05, 0) is 32.1 Å². The fourth-order valence-corrected chi connectivity index (χ4v) is 2.34. The van der Waals surface area contributed by atoms with Crippen LogP contribution in [0.5, 0.6) is 0 Å². The summed E-state index contributed by atoms with van der Waals surface area (Å²) in [5.74, 6) is 0.285. The first kappa shape index (κ1) is 12.5. The zero-order chi connectivity index (χ0) is 11.3. The van der Waals surface area contributed by atoms with Crippen LogP contribution >= 0.6 is 0 Å². The third kappa shape index (κ3) is 3.82. The van der Waals surface area contributed by atoms with Crippen molar-refractivity contribution < 1.29 is 4.79 Å². The first-order valence-corrected chi connectivity index (χ1v) is 6.20. The molecule has 0 aromatic rings. The summed E-state index contributed by atoms with van der Waals surface area (Å²) in [5.41, 5.74) is 5.47. The molecule has 1 rings (SSSR count). The Morgan fingerprint density at radius 3 is 2.47 bits per heavy atom. The van der Waals surface area contributed by atoms with Crippen LogP contribution in [0.3, 0.4) is 0 Å². The number of hydrogen-bond donors (Lipinski definition) is 2. The number of nitrogens with two attached hydrogens (primary N) is 1. The molecule has 1 fully saturated rings. The van der Waals surface area contributed by atoms with Crippen LogP contribution in [0.25, 0.3) is 0 Å². The van der Waals surface area contributed by atoms with E-state index >= 15 is 0 Å². The summed E-state index contributed by atoms with van der Waals surface area (Å²) < 4.78 is 0. The van der Waals surface area contributed by atoms with Crippen molar-refractivity contribution >= 4 is 5.91 Å². The fraction of sp³-hybridized carbons (Fsp3) is 0.917. The molecule has 0 bridgehead atoms. The Bertz CT molecular complexity index is 200. The minimum atomic E-state index is -0.179. The van der Waals surface area contributed by atoms with Crippen LogP contribution in [0.2, 0.25) is 0 Å². The van der Waals surface area contributed by atoms with Crippen LogP contribution < -0.4 is 11.1 Å². The van der Waals surface area contributed by atoms with Gasteiger partial charge in [0.25, 0.3) is 0 Å². The lowest BCUT2D eigenvalue weighted by Crippen LogP contribution is -2.50. The molecule has 2 unspecified atom stereocenters. The summed E-state index contributed by atoms with van der Waals surface area (Å²) in [6.07, 6.45) is 7.14. The van der Waals surface area contributed by atoms with Gasteiger partial charge in [0, 0.05) is 6.04 Å². The van der Waals surface area contributed by atoms with Crippen LogP contribution in [0.1, 0.15) is 52.4 Å². The smallest absolute Gasteiger partial charge is 0.234 e. The molecule has 0 aromatic heterocycles. The second kappa shape index (κ2) is 6.11. The highest BCUT2D eigenvalue weighted by atomic mass is 16.1. The first-order valence-electron chi connectivity index (χ1n) is 6.20. The summed E-state index contributed by atoms with van der Waals surface area (Å²) in [6.45, 7) is 4.23. The van der Waals surface area contributed by atoms with E-state index in [0.29, 0.717) is 12.0 Å². The maximum Gasteiger partial charge on any atom is 0.234 e. The largest absolute Gasteiger partial charge is 0.368 e. The van der Waals surface area contributed by atoms with Crippen LogP contribution in [-0.4, -0.2) is 18.0 Å². The molecular formula is C12H24N2O. The molecule has 15 heavy (non-hydrogen) atoms. The molecule has 88 valence electrons. The van der Waals surface area contributed by atoms with Gasteiger partial charge in [0.1, 0.15) is 0 Å². The number of hydrogen-bond acceptors (Lipinski definition) is 2. The van der Waals surface area contributed by atoms with Crippen LogP contribution in [0, 0.1) is 5.92 Å². The summed E-state index contributed by atoms with van der Waals surface area (Å²) in [4.78, 5) is 11.4. The minimum absolute atomic E-state index is 0.111. The number of carbonyl (C=O) groups excluding carboxylic acids is 1.